The number of pyridine rings is 1. The number of nitrogens with one attached hydrogen (secondary N) is 2. The van der Waals surface area contributed by atoms with Crippen molar-refractivity contribution in [1.82, 2.24) is 4.98 Å². The Bertz CT molecular complexity index is 1060. The van der Waals surface area contributed by atoms with Crippen LogP contribution in [0.3, 0.4) is 0 Å². The molecule has 1 amide bonds. The van der Waals surface area contributed by atoms with Crippen LogP contribution in [0.4, 0.5) is 30.2 Å². The monoisotopic (exact) mass is 399 g/mol. The van der Waals surface area contributed by atoms with Gasteiger partial charge in [-0.05, 0) is 43.3 Å². The summed E-state index contributed by atoms with van der Waals surface area (Å²) in [6.45, 7) is 1.46. The van der Waals surface area contributed by atoms with Crippen LogP contribution in [-0.4, -0.2) is 16.7 Å². The van der Waals surface area contributed by atoms with Crippen molar-refractivity contribution in [3.05, 3.63) is 83.7 Å². The smallest absolute Gasteiger partial charge is 0.354 e. The van der Waals surface area contributed by atoms with Crippen molar-refractivity contribution in [3.8, 4) is 0 Å². The van der Waals surface area contributed by atoms with E-state index in [-0.39, 0.29) is 17.0 Å². The second kappa shape index (κ2) is 8.14. The number of carbonyl (C=O) groups excluding carboxylic acids is 2. The molecule has 5 nitrogen and oxygen atoms in total. The van der Waals surface area contributed by atoms with Gasteiger partial charge in [-0.3, -0.25) is 14.6 Å². The third-order valence-electron chi connectivity index (χ3n) is 4.01. The number of benzene rings is 2. The minimum Gasteiger partial charge on any atom is -0.354 e. The predicted octanol–water partition coefficient (Wildman–Crippen LogP) is 5.30. The number of nitrogens with zero attached hydrogens (tertiary/aromatic N) is 1. The number of amides is 1. The van der Waals surface area contributed by atoms with Gasteiger partial charge >= 0.3 is 6.18 Å². The molecule has 3 aromatic rings. The van der Waals surface area contributed by atoms with Gasteiger partial charge in [0, 0.05) is 23.1 Å². The molecule has 29 heavy (non-hydrogen) atoms. The second-order valence-electron chi connectivity index (χ2n) is 6.26. The van der Waals surface area contributed by atoms with Crippen LogP contribution in [0.1, 0.15) is 33.2 Å². The molecular weight excluding hydrogens is 383 g/mol. The highest BCUT2D eigenvalue weighted by molar-refractivity contribution is 6.04. The van der Waals surface area contributed by atoms with Crippen molar-refractivity contribution >= 4 is 28.8 Å². The van der Waals surface area contributed by atoms with Crippen molar-refractivity contribution in [2.75, 3.05) is 10.6 Å². The predicted molar refractivity (Wildman–Crippen MR) is 103 cm³/mol. The molecule has 1 heterocycles. The number of ketones is 1. The first-order valence-corrected chi connectivity index (χ1v) is 8.54. The van der Waals surface area contributed by atoms with Gasteiger partial charge in [-0.15, -0.1) is 0 Å². The molecule has 0 atom stereocenters. The molecule has 0 unspecified atom stereocenters. The Morgan fingerprint density at radius 1 is 0.862 bits per heavy atom. The van der Waals surface area contributed by atoms with Crippen LogP contribution < -0.4 is 10.6 Å². The summed E-state index contributed by atoms with van der Waals surface area (Å²) < 4.78 is 38.4. The molecule has 0 saturated heterocycles. The molecule has 0 aliphatic carbocycles. The minimum absolute atomic E-state index is 0.0253. The molecule has 0 spiro atoms. The molecule has 3 rings (SSSR count). The van der Waals surface area contributed by atoms with Gasteiger partial charge in [-0.1, -0.05) is 18.2 Å². The van der Waals surface area contributed by atoms with Gasteiger partial charge in [0.05, 0.1) is 23.0 Å². The molecule has 8 heteroatoms. The summed E-state index contributed by atoms with van der Waals surface area (Å²) in [6, 6.07) is 12.7. The number of carbonyl (C=O) groups is 2. The average molecular weight is 399 g/mol. The molecule has 148 valence electrons. The number of Topliss-reactive ketones (excluding diaryl/α,β-unsaturated/α-hetero) is 1. The Hall–Kier alpha value is -3.68. The van der Waals surface area contributed by atoms with Crippen LogP contribution in [0.5, 0.6) is 0 Å². The lowest BCUT2D eigenvalue weighted by atomic mass is 10.1. The highest BCUT2D eigenvalue weighted by Crippen LogP contribution is 2.30. The number of aromatic nitrogens is 1. The van der Waals surface area contributed by atoms with E-state index in [2.05, 4.69) is 15.6 Å². The van der Waals surface area contributed by atoms with Crippen molar-refractivity contribution < 1.29 is 22.8 Å². The van der Waals surface area contributed by atoms with Crippen molar-refractivity contribution in [2.24, 2.45) is 0 Å². The maximum absolute atomic E-state index is 12.8. The second-order valence-corrected chi connectivity index (χ2v) is 6.26. The molecule has 0 radical (unpaired) electrons. The summed E-state index contributed by atoms with van der Waals surface area (Å²) >= 11 is 0. The highest BCUT2D eigenvalue weighted by Gasteiger charge is 2.30. The van der Waals surface area contributed by atoms with E-state index in [0.29, 0.717) is 16.9 Å². The largest absolute Gasteiger partial charge is 0.416 e. The third-order valence-corrected chi connectivity index (χ3v) is 4.01. The lowest BCUT2D eigenvalue weighted by Gasteiger charge is -2.11. The number of anilines is 3. The molecule has 0 aliphatic heterocycles. The zero-order valence-electron chi connectivity index (χ0n) is 15.2. The van der Waals surface area contributed by atoms with Crippen molar-refractivity contribution in [1.29, 1.82) is 0 Å². The molecule has 0 fully saturated rings. The van der Waals surface area contributed by atoms with Gasteiger partial charge in [0.1, 0.15) is 0 Å². The fourth-order valence-corrected chi connectivity index (χ4v) is 2.59. The zero-order valence-corrected chi connectivity index (χ0v) is 15.2. The maximum Gasteiger partial charge on any atom is 0.416 e. The Balaban J connectivity index is 1.76. The lowest BCUT2D eigenvalue weighted by molar-refractivity contribution is -0.137. The summed E-state index contributed by atoms with van der Waals surface area (Å²) in [5, 5.41) is 5.48. The van der Waals surface area contributed by atoms with E-state index >= 15 is 0 Å². The highest BCUT2D eigenvalue weighted by atomic mass is 19.4. The molecule has 0 bridgehead atoms. The molecular formula is C21H16F3N3O2. The van der Waals surface area contributed by atoms with E-state index in [1.54, 1.807) is 24.3 Å². The van der Waals surface area contributed by atoms with Gasteiger partial charge < -0.3 is 10.6 Å². The van der Waals surface area contributed by atoms with E-state index in [1.165, 1.54) is 37.5 Å². The quantitative estimate of drug-likeness (QED) is 0.571. The molecule has 1 aromatic heterocycles. The molecule has 2 aromatic carbocycles. The van der Waals surface area contributed by atoms with Crippen LogP contribution in [0, 0.1) is 0 Å². The van der Waals surface area contributed by atoms with E-state index in [0.717, 1.165) is 12.1 Å². The first-order chi connectivity index (χ1) is 13.7. The van der Waals surface area contributed by atoms with Crippen molar-refractivity contribution in [2.45, 2.75) is 13.1 Å². The average Bonchev–Trinajstić information content (AvgIpc) is 2.68. The normalized spacial score (nSPS) is 11.0. The summed E-state index contributed by atoms with van der Waals surface area (Å²) in [6.07, 6.45) is -1.71. The zero-order chi connectivity index (χ0) is 21.0. The van der Waals surface area contributed by atoms with Crippen LogP contribution in [0.2, 0.25) is 0 Å². The fraction of sp³-hybridized carbons (Fsp3) is 0.0952. The maximum atomic E-state index is 12.8. The van der Waals surface area contributed by atoms with Gasteiger partial charge in [0.25, 0.3) is 5.91 Å². The van der Waals surface area contributed by atoms with Gasteiger partial charge in [0.15, 0.2) is 5.78 Å². The summed E-state index contributed by atoms with van der Waals surface area (Å²) in [7, 11) is 0. The molecule has 0 saturated carbocycles. The number of halogens is 3. The van der Waals surface area contributed by atoms with Gasteiger partial charge in [-0.2, -0.15) is 13.2 Å². The number of hydrogen-bond acceptors (Lipinski definition) is 4. The van der Waals surface area contributed by atoms with Crippen LogP contribution in [0.15, 0.2) is 67.0 Å². The Kier molecular flexibility index (Phi) is 5.63. The number of hydrogen-bond donors (Lipinski definition) is 2. The van der Waals surface area contributed by atoms with E-state index < -0.39 is 17.6 Å². The third kappa shape index (κ3) is 5.19. The first kappa shape index (κ1) is 20.1. The van der Waals surface area contributed by atoms with E-state index in [4.69, 9.17) is 0 Å². The number of alkyl halides is 3. The summed E-state index contributed by atoms with van der Waals surface area (Å²) in [4.78, 5) is 27.9. The summed E-state index contributed by atoms with van der Waals surface area (Å²) in [5.74, 6) is -0.682. The summed E-state index contributed by atoms with van der Waals surface area (Å²) in [5.41, 5.74) is 0.986. The Morgan fingerprint density at radius 2 is 1.55 bits per heavy atom. The minimum atomic E-state index is -4.50. The SMILES string of the molecule is CC(=O)c1cccc(Nc2cncc(C(=O)Nc3cccc(C(F)(F)F)c3)c2)c1. The van der Waals surface area contributed by atoms with Crippen LogP contribution in [-0.2, 0) is 6.18 Å². The topological polar surface area (TPSA) is 71.1 Å². The van der Waals surface area contributed by atoms with Gasteiger partial charge in [-0.25, -0.2) is 0 Å². The Labute approximate surface area is 164 Å². The van der Waals surface area contributed by atoms with Gasteiger partial charge in [0.2, 0.25) is 0 Å². The lowest BCUT2D eigenvalue weighted by Crippen LogP contribution is -2.13. The van der Waals surface area contributed by atoms with Crippen LogP contribution >= 0.6 is 0 Å². The van der Waals surface area contributed by atoms with E-state index in [1.807, 2.05) is 0 Å². The molecule has 2 N–H and O–H groups in total. The fourth-order valence-electron chi connectivity index (χ4n) is 2.59. The van der Waals surface area contributed by atoms with Crippen molar-refractivity contribution in [3.63, 3.8) is 0 Å². The van der Waals surface area contributed by atoms with E-state index in [9.17, 15) is 22.8 Å². The van der Waals surface area contributed by atoms with Crippen LogP contribution in [0.25, 0.3) is 0 Å². The number of rotatable bonds is 5. The Morgan fingerprint density at radius 3 is 2.28 bits per heavy atom. The first-order valence-electron chi connectivity index (χ1n) is 8.54. The standard InChI is InChI=1S/C21H16F3N3O2/c1-13(28)14-4-2-6-17(8-14)26-19-9-15(11-25-12-19)20(29)27-18-7-3-5-16(10-18)21(22,23)24/h2-12,26H,1H3,(H,27,29). The molecule has 0 aliphatic rings.